The third-order valence-corrected chi connectivity index (χ3v) is 7.26. The Morgan fingerprint density at radius 3 is 2.72 bits per heavy atom. The molecule has 1 aromatic carbocycles. The molecular weight excluding hydrogens is 387 g/mol. The van der Waals surface area contributed by atoms with Crippen LogP contribution in [0.3, 0.4) is 0 Å². The van der Waals surface area contributed by atoms with Gasteiger partial charge in [-0.1, -0.05) is 37.3 Å². The van der Waals surface area contributed by atoms with Crippen molar-refractivity contribution in [3.63, 3.8) is 0 Å². The molecular formula is C24H35FO3S. The van der Waals surface area contributed by atoms with Crippen molar-refractivity contribution in [2.75, 3.05) is 19.0 Å². The number of unbranched alkanes of at least 4 members (excludes halogenated alkanes) is 1. The molecule has 2 unspecified atom stereocenters. The minimum Gasteiger partial charge on any atom is -0.463 e. The van der Waals surface area contributed by atoms with Gasteiger partial charge in [-0.15, -0.1) is 11.8 Å². The number of aliphatic hydroxyl groups is 1. The number of esters is 1. The minimum atomic E-state index is -0.730. The van der Waals surface area contributed by atoms with Crippen LogP contribution in [0.4, 0.5) is 4.39 Å². The second-order valence-electron chi connectivity index (χ2n) is 8.16. The fraction of sp³-hybridized carbons (Fsp3) is 0.625. The predicted octanol–water partition coefficient (Wildman–Crippen LogP) is 5.66. The molecule has 1 aromatic rings. The van der Waals surface area contributed by atoms with Crippen molar-refractivity contribution < 1.29 is 19.0 Å². The standard InChI is InChI=1S/C24H35FO3S/c1-17-9-8-10-18(2)24(17)29-16-21-20(15-19(3)23(21)25)11-6-4-5-7-12-22(27)28-14-13-26/h4,6,8-10,19-21,23,26H,5,7,11-16H2,1-3H3/b6-4-/t19?,20-,21+,23?/m0/s1. The highest BCUT2D eigenvalue weighted by molar-refractivity contribution is 7.99. The SMILES string of the molecule is Cc1cccc(C)c1SC[C@H]1C(F)C(C)C[C@@H]1C/C=C\CCCC(=O)OCCO. The number of aliphatic hydroxyl groups excluding tert-OH is 1. The normalized spacial score (nSPS) is 24.3. The first-order valence-corrected chi connectivity index (χ1v) is 11.7. The molecule has 4 atom stereocenters. The summed E-state index contributed by atoms with van der Waals surface area (Å²) in [6.45, 7) is 6.21. The van der Waals surface area contributed by atoms with E-state index in [1.807, 2.05) is 6.92 Å². The molecule has 1 N–H and O–H groups in total. The van der Waals surface area contributed by atoms with Gasteiger partial charge in [-0.2, -0.15) is 0 Å². The molecule has 1 saturated carbocycles. The van der Waals surface area contributed by atoms with Gasteiger partial charge in [-0.25, -0.2) is 4.39 Å². The maximum absolute atomic E-state index is 14.8. The molecule has 5 heteroatoms. The average molecular weight is 423 g/mol. The lowest BCUT2D eigenvalue weighted by Crippen LogP contribution is -2.20. The zero-order valence-corrected chi connectivity index (χ0v) is 18.7. The van der Waals surface area contributed by atoms with E-state index in [0.29, 0.717) is 12.3 Å². The molecule has 0 aromatic heterocycles. The number of aryl methyl sites for hydroxylation is 2. The maximum atomic E-state index is 14.8. The van der Waals surface area contributed by atoms with Crippen molar-refractivity contribution in [3.05, 3.63) is 41.5 Å². The lowest BCUT2D eigenvalue weighted by Gasteiger charge is -2.21. The fourth-order valence-electron chi connectivity index (χ4n) is 4.15. The molecule has 1 aliphatic rings. The Morgan fingerprint density at radius 1 is 1.31 bits per heavy atom. The predicted molar refractivity (Wildman–Crippen MR) is 118 cm³/mol. The van der Waals surface area contributed by atoms with Crippen molar-refractivity contribution in [2.24, 2.45) is 17.8 Å². The highest BCUT2D eigenvalue weighted by Crippen LogP contribution is 2.43. The number of ether oxygens (including phenoxy) is 1. The van der Waals surface area contributed by atoms with Gasteiger partial charge in [0.25, 0.3) is 0 Å². The number of hydrogen-bond acceptors (Lipinski definition) is 4. The summed E-state index contributed by atoms with van der Waals surface area (Å²) in [6, 6.07) is 6.32. The topological polar surface area (TPSA) is 46.5 Å². The minimum absolute atomic E-state index is 0.0698. The Bertz CT molecular complexity index is 656. The van der Waals surface area contributed by atoms with Crippen LogP contribution in [0.25, 0.3) is 0 Å². The van der Waals surface area contributed by atoms with Crippen LogP contribution in [-0.4, -0.2) is 36.2 Å². The van der Waals surface area contributed by atoms with Crippen LogP contribution in [0, 0.1) is 31.6 Å². The summed E-state index contributed by atoms with van der Waals surface area (Å²) in [6.07, 6.45) is 7.29. The van der Waals surface area contributed by atoms with E-state index in [1.165, 1.54) is 16.0 Å². The Kier molecular flexibility index (Phi) is 10.2. The molecule has 0 radical (unpaired) electrons. The van der Waals surface area contributed by atoms with Gasteiger partial charge in [0.05, 0.1) is 6.61 Å². The first-order valence-electron chi connectivity index (χ1n) is 10.7. The van der Waals surface area contributed by atoms with E-state index in [-0.39, 0.29) is 31.0 Å². The van der Waals surface area contributed by atoms with Crippen molar-refractivity contribution in [3.8, 4) is 0 Å². The smallest absolute Gasteiger partial charge is 0.305 e. The van der Waals surface area contributed by atoms with Crippen LogP contribution in [0.5, 0.6) is 0 Å². The molecule has 1 aliphatic carbocycles. The zero-order chi connectivity index (χ0) is 21.2. The highest BCUT2D eigenvalue weighted by Gasteiger charge is 2.40. The molecule has 0 saturated heterocycles. The monoisotopic (exact) mass is 422 g/mol. The van der Waals surface area contributed by atoms with Gasteiger partial charge in [-0.3, -0.25) is 4.79 Å². The summed E-state index contributed by atoms with van der Waals surface area (Å²) in [7, 11) is 0. The molecule has 0 heterocycles. The molecule has 0 bridgehead atoms. The third kappa shape index (κ3) is 7.45. The first kappa shape index (κ1) is 23.9. The van der Waals surface area contributed by atoms with E-state index in [4.69, 9.17) is 9.84 Å². The molecule has 0 amide bonds. The van der Waals surface area contributed by atoms with Gasteiger partial charge in [-0.05, 0) is 62.5 Å². The number of thioether (sulfide) groups is 1. The summed E-state index contributed by atoms with van der Waals surface area (Å²) in [4.78, 5) is 12.7. The van der Waals surface area contributed by atoms with Crippen LogP contribution in [-0.2, 0) is 9.53 Å². The van der Waals surface area contributed by atoms with E-state index in [0.717, 1.165) is 31.4 Å². The number of hydrogen-bond donors (Lipinski definition) is 1. The van der Waals surface area contributed by atoms with Gasteiger partial charge in [0.2, 0.25) is 0 Å². The molecule has 1 fully saturated rings. The lowest BCUT2D eigenvalue weighted by molar-refractivity contribution is -0.144. The Morgan fingerprint density at radius 2 is 2.03 bits per heavy atom. The third-order valence-electron chi connectivity index (χ3n) is 5.77. The van der Waals surface area contributed by atoms with Gasteiger partial charge in [0.1, 0.15) is 12.8 Å². The number of alkyl halides is 1. The number of benzene rings is 1. The Hall–Kier alpha value is -1.33. The Balaban J connectivity index is 1.80. The number of carbonyl (C=O) groups is 1. The molecule has 3 nitrogen and oxygen atoms in total. The van der Waals surface area contributed by atoms with Crippen LogP contribution in [0.15, 0.2) is 35.2 Å². The number of halogens is 1. The second kappa shape index (κ2) is 12.4. The molecule has 0 aliphatic heterocycles. The van der Waals surface area contributed by atoms with Crippen molar-refractivity contribution in [1.29, 1.82) is 0 Å². The largest absolute Gasteiger partial charge is 0.463 e. The average Bonchev–Trinajstić information content (AvgIpc) is 2.96. The molecule has 0 spiro atoms. The van der Waals surface area contributed by atoms with E-state index in [9.17, 15) is 9.18 Å². The summed E-state index contributed by atoms with van der Waals surface area (Å²) < 4.78 is 19.7. The van der Waals surface area contributed by atoms with Crippen LogP contribution >= 0.6 is 11.8 Å². The van der Waals surface area contributed by atoms with Gasteiger partial charge >= 0.3 is 5.97 Å². The second-order valence-corrected chi connectivity index (χ2v) is 9.19. The van der Waals surface area contributed by atoms with Gasteiger partial charge < -0.3 is 9.84 Å². The maximum Gasteiger partial charge on any atom is 0.305 e. The number of rotatable bonds is 11. The highest BCUT2D eigenvalue weighted by atomic mass is 32.2. The molecule has 162 valence electrons. The summed E-state index contributed by atoms with van der Waals surface area (Å²) in [5, 5.41) is 8.63. The van der Waals surface area contributed by atoms with E-state index >= 15 is 0 Å². The summed E-state index contributed by atoms with van der Waals surface area (Å²) in [5.74, 6) is 1.15. The van der Waals surface area contributed by atoms with Crippen molar-refractivity contribution in [1.82, 2.24) is 0 Å². The zero-order valence-electron chi connectivity index (χ0n) is 17.9. The molecule has 29 heavy (non-hydrogen) atoms. The van der Waals surface area contributed by atoms with Gasteiger partial charge in [0, 0.05) is 23.0 Å². The summed E-state index contributed by atoms with van der Waals surface area (Å²) in [5.41, 5.74) is 2.54. The fourth-order valence-corrected chi connectivity index (χ4v) is 5.56. The Labute approximate surface area is 179 Å². The molecule has 2 rings (SSSR count). The van der Waals surface area contributed by atoms with Crippen molar-refractivity contribution >= 4 is 17.7 Å². The van der Waals surface area contributed by atoms with Crippen LogP contribution in [0.2, 0.25) is 0 Å². The van der Waals surface area contributed by atoms with Crippen molar-refractivity contribution in [2.45, 2.75) is 63.9 Å². The van der Waals surface area contributed by atoms with E-state index in [1.54, 1.807) is 11.8 Å². The van der Waals surface area contributed by atoms with E-state index in [2.05, 4.69) is 44.2 Å². The van der Waals surface area contributed by atoms with Gasteiger partial charge in [0.15, 0.2) is 0 Å². The number of allylic oxidation sites excluding steroid dienone is 2. The first-order chi connectivity index (χ1) is 13.9. The van der Waals surface area contributed by atoms with Crippen LogP contribution < -0.4 is 0 Å². The number of carbonyl (C=O) groups excluding carboxylic acids is 1. The lowest BCUT2D eigenvalue weighted by atomic mass is 9.93. The quantitative estimate of drug-likeness (QED) is 0.216. The summed E-state index contributed by atoms with van der Waals surface area (Å²) >= 11 is 1.80. The van der Waals surface area contributed by atoms with Crippen LogP contribution in [0.1, 0.15) is 50.2 Å². The van der Waals surface area contributed by atoms with E-state index < -0.39 is 6.17 Å².